The number of phenols is 1. The fraction of sp³-hybridized carbons (Fsp3) is 0.321. The van der Waals surface area contributed by atoms with Crippen molar-refractivity contribution in [2.75, 3.05) is 19.6 Å². The van der Waals surface area contributed by atoms with Crippen LogP contribution in [0.25, 0.3) is 28.4 Å². The number of nitrogens with one attached hydrogen (secondary N) is 2. The number of hydrogen-bond donors (Lipinski definition) is 3. The van der Waals surface area contributed by atoms with Crippen molar-refractivity contribution in [1.29, 1.82) is 0 Å². The van der Waals surface area contributed by atoms with Crippen molar-refractivity contribution < 1.29 is 14.3 Å². The maximum atomic E-state index is 13.3. The molecule has 33 heavy (non-hydrogen) atoms. The predicted octanol–water partition coefficient (Wildman–Crippen LogP) is 5.61. The molecule has 3 N–H and O–H groups in total. The third-order valence-electron chi connectivity index (χ3n) is 6.00. The zero-order chi connectivity index (χ0) is 23.4. The Morgan fingerprint density at radius 2 is 1.79 bits per heavy atom. The number of rotatable bonds is 11. The molecule has 1 aromatic heterocycles. The molecule has 0 saturated carbocycles. The van der Waals surface area contributed by atoms with Crippen molar-refractivity contribution in [1.82, 2.24) is 10.6 Å². The normalized spacial score (nSPS) is 12.9. The standard InChI is InChI=1S/C28H32N2O3/c1-4-7-18-14-19(9-11-24(18)31)27-23-15-21(17-30-13-6-3)26(32)22-10-8-20(16-29-12-5-2)28(33-27)25(22)23/h4,8-11,14-15,29-31H,1,5-7,12-13,16-17H2,2-3H3. The molecule has 3 aromatic rings. The first-order valence-electron chi connectivity index (χ1n) is 11.8. The lowest BCUT2D eigenvalue weighted by Crippen LogP contribution is -2.23. The van der Waals surface area contributed by atoms with Gasteiger partial charge in [0, 0.05) is 46.3 Å². The molecule has 0 amide bonds. The second-order valence-electron chi connectivity index (χ2n) is 8.51. The maximum Gasteiger partial charge on any atom is 0.191 e. The van der Waals surface area contributed by atoms with E-state index in [1.54, 1.807) is 12.1 Å². The van der Waals surface area contributed by atoms with Crippen LogP contribution < -0.4 is 10.6 Å². The van der Waals surface area contributed by atoms with E-state index in [1.807, 2.05) is 30.3 Å². The molecule has 0 radical (unpaired) electrons. The van der Waals surface area contributed by atoms with Crippen LogP contribution in [0, 0.1) is 0 Å². The van der Waals surface area contributed by atoms with Crippen LogP contribution >= 0.6 is 0 Å². The zero-order valence-electron chi connectivity index (χ0n) is 19.5. The van der Waals surface area contributed by atoms with E-state index in [0.29, 0.717) is 25.1 Å². The average Bonchev–Trinajstić information content (AvgIpc) is 3.19. The minimum absolute atomic E-state index is 0.0505. The molecule has 0 atom stereocenters. The van der Waals surface area contributed by atoms with Gasteiger partial charge in [-0.2, -0.15) is 0 Å². The summed E-state index contributed by atoms with van der Waals surface area (Å²) >= 11 is 0. The first-order chi connectivity index (χ1) is 16.1. The highest BCUT2D eigenvalue weighted by Gasteiger charge is 2.28. The van der Waals surface area contributed by atoms with Crippen LogP contribution in [0.4, 0.5) is 0 Å². The molecule has 1 aliphatic carbocycles. The van der Waals surface area contributed by atoms with Crippen LogP contribution in [0.5, 0.6) is 5.75 Å². The number of carbonyl (C=O) groups is 1. The molecule has 172 valence electrons. The summed E-state index contributed by atoms with van der Waals surface area (Å²) in [4.78, 5) is 13.3. The van der Waals surface area contributed by atoms with E-state index >= 15 is 0 Å². The Morgan fingerprint density at radius 1 is 1.03 bits per heavy atom. The highest BCUT2D eigenvalue weighted by molar-refractivity contribution is 6.24. The van der Waals surface area contributed by atoms with E-state index < -0.39 is 0 Å². The molecular weight excluding hydrogens is 412 g/mol. The summed E-state index contributed by atoms with van der Waals surface area (Å²) in [6.45, 7) is 11.0. The summed E-state index contributed by atoms with van der Waals surface area (Å²) in [5.74, 6) is 1.01. The molecule has 0 aliphatic heterocycles. The van der Waals surface area contributed by atoms with Gasteiger partial charge in [0.1, 0.15) is 17.1 Å². The van der Waals surface area contributed by atoms with Gasteiger partial charge in [-0.15, -0.1) is 6.58 Å². The highest BCUT2D eigenvalue weighted by atomic mass is 16.3. The quantitative estimate of drug-likeness (QED) is 0.265. The molecule has 5 heteroatoms. The lowest BCUT2D eigenvalue weighted by Gasteiger charge is -2.15. The van der Waals surface area contributed by atoms with Crippen molar-refractivity contribution in [2.45, 2.75) is 39.7 Å². The third-order valence-corrected chi connectivity index (χ3v) is 6.00. The van der Waals surface area contributed by atoms with E-state index in [4.69, 9.17) is 4.42 Å². The Kier molecular flexibility index (Phi) is 7.11. The Labute approximate surface area is 195 Å². The van der Waals surface area contributed by atoms with Crippen LogP contribution in [-0.2, 0) is 13.0 Å². The monoisotopic (exact) mass is 444 g/mol. The summed E-state index contributed by atoms with van der Waals surface area (Å²) in [5, 5.41) is 17.9. The van der Waals surface area contributed by atoms with Crippen molar-refractivity contribution in [2.24, 2.45) is 0 Å². The van der Waals surface area contributed by atoms with Gasteiger partial charge in [0.05, 0.1) is 0 Å². The molecule has 0 bridgehead atoms. The molecule has 0 fully saturated rings. The minimum atomic E-state index is 0.0505. The lowest BCUT2D eigenvalue weighted by molar-refractivity contribution is 0.103. The number of Topliss-reactive ketones (excluding diaryl/α,β-unsaturated/α-hetero) is 1. The van der Waals surface area contributed by atoms with Gasteiger partial charge < -0.3 is 20.2 Å². The first-order valence-corrected chi connectivity index (χ1v) is 11.8. The number of furan rings is 1. The molecule has 1 aliphatic rings. The Balaban J connectivity index is 1.88. The van der Waals surface area contributed by atoms with E-state index in [1.165, 1.54) is 0 Å². The van der Waals surface area contributed by atoms with Gasteiger partial charge in [0.15, 0.2) is 5.78 Å². The fourth-order valence-corrected chi connectivity index (χ4v) is 4.35. The van der Waals surface area contributed by atoms with Crippen molar-refractivity contribution in [3.8, 4) is 17.1 Å². The highest BCUT2D eigenvalue weighted by Crippen LogP contribution is 2.42. The lowest BCUT2D eigenvalue weighted by atomic mass is 9.88. The minimum Gasteiger partial charge on any atom is -0.508 e. The Morgan fingerprint density at radius 3 is 2.52 bits per heavy atom. The van der Waals surface area contributed by atoms with Crippen LogP contribution in [0.3, 0.4) is 0 Å². The van der Waals surface area contributed by atoms with Gasteiger partial charge >= 0.3 is 0 Å². The Hall–Kier alpha value is -3.15. The number of phenolic OH excluding ortho intramolecular Hbond substituents is 1. The number of ketones is 1. The summed E-state index contributed by atoms with van der Waals surface area (Å²) in [6.07, 6.45) is 6.36. The smallest absolute Gasteiger partial charge is 0.191 e. The number of carbonyl (C=O) groups excluding carboxylic acids is 1. The third kappa shape index (κ3) is 4.52. The van der Waals surface area contributed by atoms with E-state index in [-0.39, 0.29) is 11.5 Å². The Bertz CT molecular complexity index is 1220. The maximum absolute atomic E-state index is 13.3. The SMILES string of the molecule is C=CCc1cc(-c2oc3c(CNCCC)ccc4c3c2C=C(CNCCC)C4=O)ccc1O. The van der Waals surface area contributed by atoms with Gasteiger partial charge in [-0.25, -0.2) is 0 Å². The van der Waals surface area contributed by atoms with Gasteiger partial charge in [0.25, 0.3) is 0 Å². The number of aromatic hydroxyl groups is 1. The van der Waals surface area contributed by atoms with Crippen LogP contribution in [-0.4, -0.2) is 30.5 Å². The van der Waals surface area contributed by atoms with Crippen molar-refractivity contribution in [3.05, 3.63) is 70.8 Å². The molecule has 0 spiro atoms. The molecule has 2 aromatic carbocycles. The van der Waals surface area contributed by atoms with Crippen LogP contribution in [0.1, 0.15) is 53.7 Å². The molecular formula is C28H32N2O3. The molecule has 0 saturated heterocycles. The predicted molar refractivity (Wildman–Crippen MR) is 135 cm³/mol. The van der Waals surface area contributed by atoms with Crippen molar-refractivity contribution in [3.63, 3.8) is 0 Å². The fourth-order valence-electron chi connectivity index (χ4n) is 4.35. The summed E-state index contributed by atoms with van der Waals surface area (Å²) in [5.41, 5.74) is 5.82. The van der Waals surface area contributed by atoms with Gasteiger partial charge in [0.2, 0.25) is 0 Å². The van der Waals surface area contributed by atoms with Crippen LogP contribution in [0.2, 0.25) is 0 Å². The largest absolute Gasteiger partial charge is 0.508 e. The number of allylic oxidation sites excluding steroid dienone is 1. The number of hydrogen-bond acceptors (Lipinski definition) is 5. The van der Waals surface area contributed by atoms with Gasteiger partial charge in [-0.1, -0.05) is 26.0 Å². The van der Waals surface area contributed by atoms with E-state index in [0.717, 1.165) is 70.5 Å². The molecule has 4 rings (SSSR count). The average molecular weight is 445 g/mol. The van der Waals surface area contributed by atoms with Gasteiger partial charge in [-0.05, 0) is 68.3 Å². The van der Waals surface area contributed by atoms with Crippen LogP contribution in [0.15, 0.2) is 53.0 Å². The molecule has 0 unspecified atom stereocenters. The second kappa shape index (κ2) is 10.2. The number of benzene rings is 2. The van der Waals surface area contributed by atoms with E-state index in [9.17, 15) is 9.90 Å². The summed E-state index contributed by atoms with van der Waals surface area (Å²) < 4.78 is 6.49. The second-order valence-corrected chi connectivity index (χ2v) is 8.51. The van der Waals surface area contributed by atoms with Crippen molar-refractivity contribution >= 4 is 22.8 Å². The summed E-state index contributed by atoms with van der Waals surface area (Å²) in [6, 6.07) is 9.43. The van der Waals surface area contributed by atoms with E-state index in [2.05, 4.69) is 31.1 Å². The molecule has 5 nitrogen and oxygen atoms in total. The zero-order valence-corrected chi connectivity index (χ0v) is 19.5. The van der Waals surface area contributed by atoms with Gasteiger partial charge in [-0.3, -0.25) is 4.79 Å². The summed E-state index contributed by atoms with van der Waals surface area (Å²) in [7, 11) is 0. The molecule has 1 heterocycles. The first kappa shape index (κ1) is 23.0. The topological polar surface area (TPSA) is 74.5 Å².